The van der Waals surface area contributed by atoms with Crippen LogP contribution in [0.25, 0.3) is 0 Å². The second-order valence-electron chi connectivity index (χ2n) is 2.06. The zero-order valence-electron chi connectivity index (χ0n) is 5.06. The summed E-state index contributed by atoms with van der Waals surface area (Å²) in [5, 5.41) is 0. The van der Waals surface area contributed by atoms with Gasteiger partial charge in [-0.2, -0.15) is 0 Å². The van der Waals surface area contributed by atoms with Gasteiger partial charge in [0.1, 0.15) is 0 Å². The van der Waals surface area contributed by atoms with Crippen molar-refractivity contribution in [3.8, 4) is 0 Å². The summed E-state index contributed by atoms with van der Waals surface area (Å²) in [6.07, 6.45) is 5.67. The van der Waals surface area contributed by atoms with Crippen LogP contribution in [0, 0.1) is 0 Å². The summed E-state index contributed by atoms with van der Waals surface area (Å²) >= 11 is 4.89. The number of rotatable bonds is 2. The Morgan fingerprint density at radius 1 is 1.56 bits per heavy atom. The normalized spacial score (nSPS) is 17.9. The molecule has 1 heterocycles. The number of alkyl halides is 2. The zero-order valence-corrected chi connectivity index (χ0v) is 9.37. The largest absolute Gasteiger partial charge is 0.376 e. The van der Waals surface area contributed by atoms with Gasteiger partial charge < -0.3 is 4.90 Å². The van der Waals surface area contributed by atoms with Crippen molar-refractivity contribution in [3.05, 3.63) is 12.3 Å². The second-order valence-corrected chi connectivity index (χ2v) is 7.45. The molecule has 52 valence electrons. The molecule has 3 heteroatoms. The lowest BCUT2D eigenvalue weighted by atomic mass is 10.5. The maximum atomic E-state index is 2.44. The molecule has 0 radical (unpaired) electrons. The van der Waals surface area contributed by atoms with E-state index < -0.39 is 0 Å². The molecule has 0 saturated heterocycles. The van der Waals surface area contributed by atoms with Gasteiger partial charge >= 0.3 is 0 Å². The molecule has 0 N–H and O–H groups in total. The van der Waals surface area contributed by atoms with Crippen LogP contribution in [-0.4, -0.2) is 19.9 Å². The molecule has 0 fully saturated rings. The van der Waals surface area contributed by atoms with Gasteiger partial charge in [-0.3, -0.25) is 0 Å². The highest BCUT2D eigenvalue weighted by Crippen LogP contribution is 2.14. The van der Waals surface area contributed by atoms with E-state index in [-0.39, 0.29) is 0 Å². The smallest absolute Gasteiger partial charge is 0.0800 e. The third kappa shape index (κ3) is 3.06. The fraction of sp³-hybridized carbons (Fsp3) is 0.667. The van der Waals surface area contributed by atoms with Gasteiger partial charge in [0.2, 0.25) is 0 Å². The molecule has 0 saturated carbocycles. The average Bonchev–Trinajstić information content (AvgIpc) is 2.15. The first-order valence-corrected chi connectivity index (χ1v) is 5.47. The van der Waals surface area contributed by atoms with E-state index in [9.17, 15) is 0 Å². The molecule has 1 nitrogen and oxygen atoms in total. The van der Waals surface area contributed by atoms with Crippen molar-refractivity contribution in [3.63, 3.8) is 0 Å². The zero-order chi connectivity index (χ0) is 6.69. The van der Waals surface area contributed by atoms with Gasteiger partial charge in [-0.1, -0.05) is 51.3 Å². The Hall–Kier alpha value is 1.000. The maximum Gasteiger partial charge on any atom is 0.0800 e. The highest BCUT2D eigenvalue weighted by molar-refractivity contribution is 14.2. The fourth-order valence-corrected chi connectivity index (χ4v) is 1.88. The summed E-state index contributed by atoms with van der Waals surface area (Å²) < 4.78 is 0.739. The summed E-state index contributed by atoms with van der Waals surface area (Å²) in [6, 6.07) is 0. The van der Waals surface area contributed by atoms with Crippen LogP contribution in [0.15, 0.2) is 12.3 Å². The predicted octanol–water partition coefficient (Wildman–Crippen LogP) is 2.40. The Bertz CT molecular complexity index is 112. The van der Waals surface area contributed by atoms with E-state index in [2.05, 4.69) is 62.4 Å². The summed E-state index contributed by atoms with van der Waals surface area (Å²) in [5.41, 5.74) is 0. The fourth-order valence-electron chi connectivity index (χ4n) is 0.868. The molecule has 0 bridgehead atoms. The summed E-state index contributed by atoms with van der Waals surface area (Å²) in [6.45, 7) is 2.42. The first-order chi connectivity index (χ1) is 4.29. The number of hydrogen-bond acceptors (Lipinski definition) is 1. The van der Waals surface area contributed by atoms with Crippen LogP contribution in [0.4, 0.5) is 0 Å². The molecule has 0 aromatic rings. The van der Waals surface area contributed by atoms with E-state index in [0.29, 0.717) is 0 Å². The van der Waals surface area contributed by atoms with Gasteiger partial charge in [0.05, 0.1) is 1.93 Å². The number of nitrogens with zero attached hydrogens (tertiary/aromatic N) is 1. The average molecular weight is 349 g/mol. The number of hydrogen-bond donors (Lipinski definition) is 0. The molecule has 0 amide bonds. The van der Waals surface area contributed by atoms with Crippen LogP contribution < -0.4 is 0 Å². The lowest BCUT2D eigenvalue weighted by molar-refractivity contribution is 0.432. The molecule has 0 spiro atoms. The van der Waals surface area contributed by atoms with Gasteiger partial charge in [0.25, 0.3) is 0 Å². The lowest BCUT2D eigenvalue weighted by Gasteiger charge is -2.15. The highest BCUT2D eigenvalue weighted by atomic mass is 127. The minimum atomic E-state index is 0.739. The van der Waals surface area contributed by atoms with Gasteiger partial charge in [-0.25, -0.2) is 0 Å². The van der Waals surface area contributed by atoms with Crippen molar-refractivity contribution in [1.82, 2.24) is 4.90 Å². The van der Waals surface area contributed by atoms with E-state index in [1.54, 1.807) is 0 Å². The Balaban J connectivity index is 2.20. The first-order valence-electron chi connectivity index (χ1n) is 2.98. The molecule has 0 unspecified atom stereocenters. The van der Waals surface area contributed by atoms with E-state index >= 15 is 0 Å². The molecule has 1 aliphatic rings. The molecule has 1 aliphatic heterocycles. The molecule has 0 aliphatic carbocycles. The van der Waals surface area contributed by atoms with E-state index in [4.69, 9.17) is 0 Å². The Labute approximate surface area is 83.2 Å². The van der Waals surface area contributed by atoms with Gasteiger partial charge in [0.15, 0.2) is 0 Å². The van der Waals surface area contributed by atoms with Crippen molar-refractivity contribution in [2.45, 2.75) is 8.35 Å². The summed E-state index contributed by atoms with van der Waals surface area (Å²) in [7, 11) is 0. The Morgan fingerprint density at radius 3 is 2.78 bits per heavy atom. The van der Waals surface area contributed by atoms with Crippen molar-refractivity contribution >= 4 is 45.2 Å². The van der Waals surface area contributed by atoms with Crippen LogP contribution >= 0.6 is 45.2 Å². The van der Waals surface area contributed by atoms with Crippen LogP contribution in [0.2, 0.25) is 0 Å². The van der Waals surface area contributed by atoms with E-state index in [1.807, 2.05) is 0 Å². The van der Waals surface area contributed by atoms with E-state index in [1.165, 1.54) is 19.5 Å². The minimum absolute atomic E-state index is 0.739. The second kappa shape index (κ2) is 4.00. The third-order valence-corrected chi connectivity index (χ3v) is 2.06. The third-order valence-electron chi connectivity index (χ3n) is 1.27. The van der Waals surface area contributed by atoms with Crippen molar-refractivity contribution in [2.75, 3.05) is 13.1 Å². The van der Waals surface area contributed by atoms with Crippen LogP contribution in [-0.2, 0) is 0 Å². The molecule has 0 atom stereocenters. The minimum Gasteiger partial charge on any atom is -0.376 e. The maximum absolute atomic E-state index is 2.44. The van der Waals surface area contributed by atoms with Crippen molar-refractivity contribution in [2.24, 2.45) is 0 Å². The molecular weight excluding hydrogens is 340 g/mol. The topological polar surface area (TPSA) is 3.24 Å². The van der Waals surface area contributed by atoms with Crippen LogP contribution in [0.1, 0.15) is 6.42 Å². The van der Waals surface area contributed by atoms with Crippen molar-refractivity contribution < 1.29 is 0 Å². The molecule has 0 aromatic heterocycles. The molecule has 0 aromatic carbocycles. The quantitative estimate of drug-likeness (QED) is 0.547. The standard InChI is InChI=1S/C6H9I2N/c7-6(8)5-9-3-1-2-4-9/h1,3,6H,2,4-5H2. The summed E-state index contributed by atoms with van der Waals surface area (Å²) in [4.78, 5) is 2.36. The van der Waals surface area contributed by atoms with Gasteiger partial charge in [-0.15, -0.1) is 0 Å². The van der Waals surface area contributed by atoms with Gasteiger partial charge in [-0.05, 0) is 12.6 Å². The van der Waals surface area contributed by atoms with Gasteiger partial charge in [0, 0.05) is 13.1 Å². The monoisotopic (exact) mass is 349 g/mol. The Morgan fingerprint density at radius 2 is 2.33 bits per heavy atom. The summed E-state index contributed by atoms with van der Waals surface area (Å²) in [5.74, 6) is 0. The highest BCUT2D eigenvalue weighted by Gasteiger charge is 2.06. The SMILES string of the molecule is IC(I)CN1C=CCC1. The molecule has 1 rings (SSSR count). The number of halogens is 2. The van der Waals surface area contributed by atoms with Crippen molar-refractivity contribution in [1.29, 1.82) is 0 Å². The van der Waals surface area contributed by atoms with E-state index in [0.717, 1.165) is 1.93 Å². The molecular formula is C6H9I2N. The first kappa shape index (κ1) is 8.10. The lowest BCUT2D eigenvalue weighted by Crippen LogP contribution is -2.19. The Kier molecular flexibility index (Phi) is 3.60. The van der Waals surface area contributed by atoms with Crippen LogP contribution in [0.5, 0.6) is 0 Å². The van der Waals surface area contributed by atoms with Crippen LogP contribution in [0.3, 0.4) is 0 Å². The molecule has 9 heavy (non-hydrogen) atoms. The predicted molar refractivity (Wildman–Crippen MR) is 57.2 cm³/mol.